The smallest absolute Gasteiger partial charge is 0.335 e. The normalized spacial score (nSPS) is 29.0. The number of carbonyl (C=O) groups excluding carboxylic acids is 2. The van der Waals surface area contributed by atoms with Crippen molar-refractivity contribution in [2.45, 2.75) is 50.5 Å². The molecule has 3 rings (SSSR count). The quantitative estimate of drug-likeness (QED) is 0.800. The van der Waals surface area contributed by atoms with Crippen LogP contribution in [0.5, 0.6) is 0 Å². The molecular formula is C19H23NO4. The van der Waals surface area contributed by atoms with E-state index in [9.17, 15) is 9.59 Å². The maximum atomic E-state index is 13.0. The number of ether oxygens (including phenoxy) is 2. The number of benzene rings is 1. The van der Waals surface area contributed by atoms with Crippen LogP contribution >= 0.6 is 0 Å². The van der Waals surface area contributed by atoms with E-state index in [-0.39, 0.29) is 30.1 Å². The van der Waals surface area contributed by atoms with E-state index >= 15 is 0 Å². The Kier molecular flexibility index (Phi) is 4.71. The van der Waals surface area contributed by atoms with Crippen LogP contribution in [0.1, 0.15) is 42.1 Å². The largest absolute Gasteiger partial charge is 0.467 e. The summed E-state index contributed by atoms with van der Waals surface area (Å²) in [6.07, 6.45) is 3.30. The Hall–Kier alpha value is -2.14. The van der Waals surface area contributed by atoms with Crippen molar-refractivity contribution in [1.29, 1.82) is 0 Å². The van der Waals surface area contributed by atoms with Crippen molar-refractivity contribution in [3.8, 4) is 0 Å². The molecule has 0 bridgehead atoms. The Bertz CT molecular complexity index is 639. The molecule has 2 fully saturated rings. The number of hydrogen-bond acceptors (Lipinski definition) is 4. The highest BCUT2D eigenvalue weighted by atomic mass is 16.6. The molecule has 24 heavy (non-hydrogen) atoms. The highest BCUT2D eigenvalue weighted by molar-refractivity contribution is 5.95. The second-order valence-corrected chi connectivity index (χ2v) is 6.45. The van der Waals surface area contributed by atoms with Crippen LogP contribution < -0.4 is 0 Å². The Labute approximate surface area is 142 Å². The van der Waals surface area contributed by atoms with Crippen LogP contribution in [0, 0.1) is 0 Å². The lowest BCUT2D eigenvalue weighted by Gasteiger charge is -2.41. The van der Waals surface area contributed by atoms with Gasteiger partial charge < -0.3 is 14.4 Å². The third-order valence-electron chi connectivity index (χ3n) is 5.02. The van der Waals surface area contributed by atoms with Gasteiger partial charge in [-0.25, -0.2) is 4.79 Å². The van der Waals surface area contributed by atoms with E-state index in [1.807, 2.05) is 29.2 Å². The van der Waals surface area contributed by atoms with Gasteiger partial charge in [0.2, 0.25) is 0 Å². The van der Waals surface area contributed by atoms with Gasteiger partial charge in [-0.2, -0.15) is 0 Å². The van der Waals surface area contributed by atoms with Crippen molar-refractivity contribution in [1.82, 2.24) is 4.90 Å². The maximum absolute atomic E-state index is 13.0. The summed E-state index contributed by atoms with van der Waals surface area (Å²) < 4.78 is 10.6. The lowest BCUT2D eigenvalue weighted by Crippen LogP contribution is -2.53. The molecule has 2 aliphatic rings. The van der Waals surface area contributed by atoms with Crippen LogP contribution in [-0.2, 0) is 14.3 Å². The summed E-state index contributed by atoms with van der Waals surface area (Å²) in [6.45, 7) is 5.78. The Morgan fingerprint density at radius 1 is 1.29 bits per heavy atom. The molecule has 5 heteroatoms. The number of amides is 1. The molecule has 0 aliphatic carbocycles. The van der Waals surface area contributed by atoms with Crippen molar-refractivity contribution in [3.05, 3.63) is 42.0 Å². The summed E-state index contributed by atoms with van der Waals surface area (Å²) in [6, 6.07) is 7.46. The van der Waals surface area contributed by atoms with Crippen LogP contribution in [0.3, 0.4) is 0 Å². The molecule has 0 spiro atoms. The van der Waals surface area contributed by atoms with Crippen LogP contribution in [-0.4, -0.2) is 48.2 Å². The number of hydrogen-bond donors (Lipinski definition) is 0. The molecule has 128 valence electrons. The van der Waals surface area contributed by atoms with Crippen molar-refractivity contribution in [2.75, 3.05) is 7.11 Å². The molecular weight excluding hydrogens is 306 g/mol. The summed E-state index contributed by atoms with van der Waals surface area (Å²) in [5.41, 5.74) is 1.63. The number of fused-ring (bicyclic) bond motifs is 1. The van der Waals surface area contributed by atoms with Gasteiger partial charge >= 0.3 is 5.97 Å². The summed E-state index contributed by atoms with van der Waals surface area (Å²) in [5.74, 6) is -0.373. The fourth-order valence-electron chi connectivity index (χ4n) is 3.70. The maximum Gasteiger partial charge on any atom is 0.335 e. The second-order valence-electron chi connectivity index (χ2n) is 6.45. The van der Waals surface area contributed by atoms with Gasteiger partial charge in [-0.05, 0) is 37.5 Å². The Balaban J connectivity index is 1.82. The number of likely N-dealkylation sites (tertiary alicyclic amines) is 1. The third-order valence-corrected chi connectivity index (χ3v) is 5.02. The minimum atomic E-state index is -0.575. The van der Waals surface area contributed by atoms with Crippen molar-refractivity contribution in [3.63, 3.8) is 0 Å². The lowest BCUT2D eigenvalue weighted by molar-refractivity contribution is -0.153. The van der Waals surface area contributed by atoms with Crippen LogP contribution in [0.2, 0.25) is 0 Å². The van der Waals surface area contributed by atoms with Gasteiger partial charge in [0.1, 0.15) is 0 Å². The van der Waals surface area contributed by atoms with E-state index in [1.54, 1.807) is 6.08 Å². The topological polar surface area (TPSA) is 55.8 Å². The molecule has 0 aromatic heterocycles. The summed E-state index contributed by atoms with van der Waals surface area (Å²) >= 11 is 0. The number of piperidine rings is 1. The molecule has 1 aromatic carbocycles. The minimum absolute atomic E-state index is 0.0121. The zero-order chi connectivity index (χ0) is 17.3. The molecule has 1 aromatic rings. The molecule has 0 N–H and O–H groups in total. The molecule has 0 unspecified atom stereocenters. The van der Waals surface area contributed by atoms with E-state index in [4.69, 9.17) is 9.47 Å². The van der Waals surface area contributed by atoms with Gasteiger partial charge in [0.05, 0.1) is 19.3 Å². The van der Waals surface area contributed by atoms with E-state index in [1.165, 1.54) is 7.11 Å². The van der Waals surface area contributed by atoms with Crippen LogP contribution in [0.4, 0.5) is 0 Å². The van der Waals surface area contributed by atoms with Gasteiger partial charge in [0.25, 0.3) is 5.91 Å². The number of methoxy groups -OCH3 is 1. The van der Waals surface area contributed by atoms with Gasteiger partial charge in [0.15, 0.2) is 6.10 Å². The van der Waals surface area contributed by atoms with E-state index in [0.717, 1.165) is 18.4 Å². The SMILES string of the molecule is C=Cc1ccc(C(=O)N2[C@H](C)CC[C@@H]3O[C@H](C(=O)OC)C[C@@H]32)cc1. The summed E-state index contributed by atoms with van der Waals surface area (Å²) in [5, 5.41) is 0. The lowest BCUT2D eigenvalue weighted by atomic mass is 9.91. The van der Waals surface area contributed by atoms with Gasteiger partial charge in [-0.15, -0.1) is 0 Å². The molecule has 5 nitrogen and oxygen atoms in total. The highest BCUT2D eigenvalue weighted by Gasteiger charge is 2.47. The number of carbonyl (C=O) groups is 2. The molecule has 0 radical (unpaired) electrons. The fraction of sp³-hybridized carbons (Fsp3) is 0.474. The Morgan fingerprint density at radius 3 is 2.62 bits per heavy atom. The summed E-state index contributed by atoms with van der Waals surface area (Å²) in [4.78, 5) is 26.7. The van der Waals surface area contributed by atoms with Gasteiger partial charge in [-0.3, -0.25) is 4.79 Å². The first-order valence-corrected chi connectivity index (χ1v) is 8.33. The van der Waals surface area contributed by atoms with E-state index < -0.39 is 6.10 Å². The van der Waals surface area contributed by atoms with E-state index in [2.05, 4.69) is 13.5 Å². The molecule has 1 amide bonds. The molecule has 2 saturated heterocycles. The minimum Gasteiger partial charge on any atom is -0.467 e. The highest BCUT2D eigenvalue weighted by Crippen LogP contribution is 2.36. The van der Waals surface area contributed by atoms with Gasteiger partial charge in [0, 0.05) is 18.0 Å². The average molecular weight is 329 g/mol. The van der Waals surface area contributed by atoms with Crippen LogP contribution in [0.15, 0.2) is 30.8 Å². The van der Waals surface area contributed by atoms with Crippen molar-refractivity contribution < 1.29 is 19.1 Å². The van der Waals surface area contributed by atoms with Gasteiger partial charge in [-0.1, -0.05) is 24.8 Å². The first-order valence-electron chi connectivity index (χ1n) is 8.33. The monoisotopic (exact) mass is 329 g/mol. The standard InChI is InChI=1S/C19H23NO4/c1-4-13-6-8-14(9-7-13)18(21)20-12(2)5-10-16-15(20)11-17(24-16)19(22)23-3/h4,6-9,12,15-17H,1,5,10-11H2,2-3H3/t12-,15+,16+,17+/m1/s1. The zero-order valence-electron chi connectivity index (χ0n) is 14.1. The molecule has 2 aliphatic heterocycles. The first kappa shape index (κ1) is 16.7. The van der Waals surface area contributed by atoms with Crippen molar-refractivity contribution in [2.24, 2.45) is 0 Å². The average Bonchev–Trinajstić information content (AvgIpc) is 3.04. The van der Waals surface area contributed by atoms with E-state index in [0.29, 0.717) is 12.0 Å². The molecule has 4 atom stereocenters. The summed E-state index contributed by atoms with van der Waals surface area (Å²) in [7, 11) is 1.36. The third kappa shape index (κ3) is 2.96. The first-order chi connectivity index (χ1) is 11.5. The van der Waals surface area contributed by atoms with Crippen molar-refractivity contribution >= 4 is 18.0 Å². The predicted molar refractivity (Wildman–Crippen MR) is 90.5 cm³/mol. The molecule has 0 saturated carbocycles. The fourth-order valence-corrected chi connectivity index (χ4v) is 3.70. The Morgan fingerprint density at radius 2 is 2.00 bits per heavy atom. The number of nitrogens with zero attached hydrogens (tertiary/aromatic N) is 1. The van der Waals surface area contributed by atoms with Crippen LogP contribution in [0.25, 0.3) is 6.08 Å². The second kappa shape index (κ2) is 6.77. The zero-order valence-corrected chi connectivity index (χ0v) is 14.1. The number of esters is 1. The number of rotatable bonds is 3. The predicted octanol–water partition coefficient (Wildman–Crippen LogP) is 2.65. The molecule has 2 heterocycles.